The summed E-state index contributed by atoms with van der Waals surface area (Å²) in [5.74, 6) is 0.450. The van der Waals surface area contributed by atoms with Crippen LogP contribution in [0.2, 0.25) is 0 Å². The third kappa shape index (κ3) is 2.06. The lowest BCUT2D eigenvalue weighted by atomic mass is 10.2. The molecule has 0 aliphatic carbocycles. The molecule has 0 aliphatic rings. The van der Waals surface area contributed by atoms with Gasteiger partial charge in [-0.1, -0.05) is 0 Å². The summed E-state index contributed by atoms with van der Waals surface area (Å²) in [6, 6.07) is 5.73. The van der Waals surface area contributed by atoms with Crippen LogP contribution in [0.3, 0.4) is 0 Å². The van der Waals surface area contributed by atoms with Gasteiger partial charge in [0.05, 0.1) is 25.1 Å². The Morgan fingerprint density at radius 3 is 2.56 bits per heavy atom. The SMILES string of the molecule is COC(=O)c1[nH]c2ccc(OC)cc2c1[S+](C)C. The lowest BCUT2D eigenvalue weighted by Crippen LogP contribution is -2.08. The van der Waals surface area contributed by atoms with E-state index in [0.717, 1.165) is 21.5 Å². The summed E-state index contributed by atoms with van der Waals surface area (Å²) in [4.78, 5) is 15.9. The first kappa shape index (κ1) is 12.8. The van der Waals surface area contributed by atoms with E-state index in [1.807, 2.05) is 18.2 Å². The average molecular weight is 266 g/mol. The maximum atomic E-state index is 11.8. The normalized spacial score (nSPS) is 10.9. The number of H-pyrrole nitrogens is 1. The molecule has 0 unspecified atom stereocenters. The number of benzene rings is 1. The van der Waals surface area contributed by atoms with E-state index in [-0.39, 0.29) is 16.9 Å². The largest absolute Gasteiger partial charge is 0.497 e. The van der Waals surface area contributed by atoms with Crippen LogP contribution in [0.1, 0.15) is 10.5 Å². The van der Waals surface area contributed by atoms with Crippen molar-refractivity contribution in [3.8, 4) is 5.75 Å². The van der Waals surface area contributed by atoms with Crippen molar-refractivity contribution in [2.75, 3.05) is 26.7 Å². The molecule has 1 aromatic carbocycles. The van der Waals surface area contributed by atoms with Gasteiger partial charge in [-0.05, 0) is 18.2 Å². The molecule has 0 fully saturated rings. The molecule has 0 atom stereocenters. The second-order valence-electron chi connectivity index (χ2n) is 4.05. The van der Waals surface area contributed by atoms with E-state index in [4.69, 9.17) is 9.47 Å². The van der Waals surface area contributed by atoms with E-state index in [0.29, 0.717) is 5.69 Å². The van der Waals surface area contributed by atoms with Crippen molar-refractivity contribution in [1.82, 2.24) is 4.98 Å². The molecule has 0 bridgehead atoms. The van der Waals surface area contributed by atoms with E-state index in [1.54, 1.807) is 7.11 Å². The molecule has 0 saturated carbocycles. The van der Waals surface area contributed by atoms with Gasteiger partial charge < -0.3 is 14.5 Å². The molecular formula is C13H16NO3S+. The van der Waals surface area contributed by atoms with Gasteiger partial charge in [-0.15, -0.1) is 0 Å². The van der Waals surface area contributed by atoms with E-state index in [9.17, 15) is 4.79 Å². The van der Waals surface area contributed by atoms with E-state index in [2.05, 4.69) is 17.5 Å². The van der Waals surface area contributed by atoms with Gasteiger partial charge in [-0.25, -0.2) is 4.79 Å². The van der Waals surface area contributed by atoms with Gasteiger partial charge in [0.15, 0.2) is 10.6 Å². The minimum atomic E-state index is -0.332. The predicted octanol–water partition coefficient (Wildman–Crippen LogP) is 2.20. The number of aromatic nitrogens is 1. The van der Waals surface area contributed by atoms with E-state index >= 15 is 0 Å². The van der Waals surface area contributed by atoms with Crippen molar-refractivity contribution >= 4 is 27.8 Å². The highest BCUT2D eigenvalue weighted by Gasteiger charge is 2.27. The summed E-state index contributed by atoms with van der Waals surface area (Å²) >= 11 is 0. The van der Waals surface area contributed by atoms with Crippen LogP contribution in [0.5, 0.6) is 5.75 Å². The molecule has 0 amide bonds. The molecule has 96 valence electrons. The zero-order valence-corrected chi connectivity index (χ0v) is 11.7. The first-order chi connectivity index (χ1) is 8.58. The highest BCUT2D eigenvalue weighted by atomic mass is 32.2. The standard InChI is InChI=1S/C13H15NO3S/c1-16-8-5-6-10-9(7-8)12(18(3)4)11(14-10)13(15)17-2/h5-7H,1-4H3/p+1. The lowest BCUT2D eigenvalue weighted by molar-refractivity contribution is 0.0591. The van der Waals surface area contributed by atoms with Crippen LogP contribution in [0.25, 0.3) is 10.9 Å². The van der Waals surface area contributed by atoms with E-state index in [1.165, 1.54) is 7.11 Å². The number of hydrogen-bond acceptors (Lipinski definition) is 3. The molecule has 1 heterocycles. The van der Waals surface area contributed by atoms with Crippen LogP contribution in [0.15, 0.2) is 23.1 Å². The number of aromatic amines is 1. The molecule has 4 nitrogen and oxygen atoms in total. The summed E-state index contributed by atoms with van der Waals surface area (Å²) in [7, 11) is 2.97. The van der Waals surface area contributed by atoms with Gasteiger partial charge in [0.25, 0.3) is 0 Å². The van der Waals surface area contributed by atoms with Crippen molar-refractivity contribution in [2.24, 2.45) is 0 Å². The first-order valence-corrected chi connectivity index (χ1v) is 7.48. The number of hydrogen-bond donors (Lipinski definition) is 1. The minimum absolute atomic E-state index is 0.0540. The second kappa shape index (κ2) is 4.94. The second-order valence-corrected chi connectivity index (χ2v) is 6.09. The Morgan fingerprint density at radius 2 is 2.00 bits per heavy atom. The lowest BCUT2D eigenvalue weighted by Gasteiger charge is -2.00. The molecule has 5 heteroatoms. The Bertz CT molecular complexity index is 589. The summed E-state index contributed by atoms with van der Waals surface area (Å²) in [6.07, 6.45) is 4.16. The number of carbonyl (C=O) groups is 1. The highest BCUT2D eigenvalue weighted by Crippen LogP contribution is 2.30. The molecule has 2 aromatic rings. The summed E-state index contributed by atoms with van der Waals surface area (Å²) in [6.45, 7) is 0. The highest BCUT2D eigenvalue weighted by molar-refractivity contribution is 7.95. The smallest absolute Gasteiger partial charge is 0.359 e. The topological polar surface area (TPSA) is 51.3 Å². The summed E-state index contributed by atoms with van der Waals surface area (Å²) in [5, 5.41) is 1.02. The third-order valence-corrected chi connectivity index (χ3v) is 4.00. The molecular weight excluding hydrogens is 250 g/mol. The summed E-state index contributed by atoms with van der Waals surface area (Å²) in [5.41, 5.74) is 1.46. The molecule has 0 radical (unpaired) electrons. The van der Waals surface area contributed by atoms with Crippen LogP contribution in [-0.2, 0) is 15.6 Å². The quantitative estimate of drug-likeness (QED) is 0.684. The number of nitrogens with one attached hydrogen (secondary N) is 1. The van der Waals surface area contributed by atoms with Gasteiger partial charge in [-0.3, -0.25) is 0 Å². The third-order valence-electron chi connectivity index (χ3n) is 2.76. The van der Waals surface area contributed by atoms with Crippen LogP contribution in [0.4, 0.5) is 0 Å². The maximum Gasteiger partial charge on any atom is 0.359 e. The number of carbonyl (C=O) groups excluding carboxylic acids is 1. The Labute approximate surface area is 109 Å². The van der Waals surface area contributed by atoms with Crippen molar-refractivity contribution < 1.29 is 14.3 Å². The van der Waals surface area contributed by atoms with Crippen molar-refractivity contribution in [3.05, 3.63) is 23.9 Å². The van der Waals surface area contributed by atoms with Gasteiger partial charge in [-0.2, -0.15) is 0 Å². The number of esters is 1. The molecule has 0 aliphatic heterocycles. The Hall–Kier alpha value is -1.62. The fraction of sp³-hybridized carbons (Fsp3) is 0.308. The Kier molecular flexibility index (Phi) is 3.52. The Morgan fingerprint density at radius 1 is 1.28 bits per heavy atom. The molecule has 1 aromatic heterocycles. The molecule has 2 rings (SSSR count). The Balaban J connectivity index is 2.72. The summed E-state index contributed by atoms with van der Waals surface area (Å²) < 4.78 is 10.0. The van der Waals surface area contributed by atoms with Gasteiger partial charge in [0.1, 0.15) is 18.3 Å². The van der Waals surface area contributed by atoms with Gasteiger partial charge in [0.2, 0.25) is 0 Å². The van der Waals surface area contributed by atoms with E-state index < -0.39 is 0 Å². The van der Waals surface area contributed by atoms with Crippen molar-refractivity contribution in [1.29, 1.82) is 0 Å². The fourth-order valence-electron chi connectivity index (χ4n) is 1.94. The average Bonchev–Trinajstić information content (AvgIpc) is 2.75. The van der Waals surface area contributed by atoms with Crippen LogP contribution in [0, 0.1) is 0 Å². The molecule has 0 saturated heterocycles. The fourth-order valence-corrected chi connectivity index (χ4v) is 3.09. The number of rotatable bonds is 3. The first-order valence-electron chi connectivity index (χ1n) is 5.44. The van der Waals surface area contributed by atoms with Crippen LogP contribution < -0.4 is 4.74 Å². The minimum Gasteiger partial charge on any atom is -0.497 e. The maximum absolute atomic E-state index is 11.8. The van der Waals surface area contributed by atoms with Crippen molar-refractivity contribution in [2.45, 2.75) is 4.90 Å². The number of fused-ring (bicyclic) bond motifs is 1. The monoisotopic (exact) mass is 266 g/mol. The van der Waals surface area contributed by atoms with Crippen LogP contribution in [-0.4, -0.2) is 37.7 Å². The zero-order valence-electron chi connectivity index (χ0n) is 10.9. The zero-order chi connectivity index (χ0) is 13.3. The van der Waals surface area contributed by atoms with Gasteiger partial charge in [0, 0.05) is 10.9 Å². The van der Waals surface area contributed by atoms with Gasteiger partial charge >= 0.3 is 5.97 Å². The molecule has 0 spiro atoms. The predicted molar refractivity (Wildman–Crippen MR) is 73.7 cm³/mol. The molecule has 1 N–H and O–H groups in total. The van der Waals surface area contributed by atoms with Crippen LogP contribution >= 0.6 is 0 Å². The number of methoxy groups -OCH3 is 2. The molecule has 18 heavy (non-hydrogen) atoms. The van der Waals surface area contributed by atoms with Crippen molar-refractivity contribution in [3.63, 3.8) is 0 Å². The number of ether oxygens (including phenoxy) is 2.